The monoisotopic (exact) mass is 520 g/mol. The lowest BCUT2D eigenvalue weighted by Gasteiger charge is -2.58. The molecule has 7 heteroatoms. The number of fused-ring (bicyclic) bond motifs is 1. The topological polar surface area (TPSA) is 68.3 Å². The van der Waals surface area contributed by atoms with Gasteiger partial charge in [-0.05, 0) is 81.2 Å². The minimum Gasteiger partial charge on any atom is -0.495 e. The SMILES string of the molecule is COc1cc2c(cc1N(C)C(=O)OC(C)(C)C)C[C@@H]1[C@@H]3CCCC[C@]23CCN1C(=O)OCc1ccccc1. The molecule has 2 fully saturated rings. The quantitative estimate of drug-likeness (QED) is 0.463. The van der Waals surface area contributed by atoms with Gasteiger partial charge in [-0.1, -0.05) is 43.2 Å². The predicted molar refractivity (Wildman–Crippen MR) is 147 cm³/mol. The van der Waals surface area contributed by atoms with Crippen molar-refractivity contribution < 1.29 is 23.8 Å². The van der Waals surface area contributed by atoms with Gasteiger partial charge in [-0.2, -0.15) is 0 Å². The number of methoxy groups -OCH3 is 1. The standard InChI is InChI=1S/C31H40N2O5/c1-30(2,3)38-28(34)32(4)26-18-22-17-25-23-13-9-10-14-31(23,24(22)19-27(26)36-5)15-16-33(25)29(35)37-20-21-11-7-6-8-12-21/h6-8,11-12,18-19,23,25H,9-10,13-17,20H2,1-5H3/t23-,25+,31+/m0/s1. The van der Waals surface area contributed by atoms with E-state index in [1.807, 2.05) is 56.0 Å². The van der Waals surface area contributed by atoms with Gasteiger partial charge in [0.05, 0.1) is 12.8 Å². The van der Waals surface area contributed by atoms with E-state index in [-0.39, 0.29) is 24.2 Å². The Morgan fingerprint density at radius 1 is 1.11 bits per heavy atom. The lowest BCUT2D eigenvalue weighted by atomic mass is 9.52. The highest BCUT2D eigenvalue weighted by atomic mass is 16.6. The maximum Gasteiger partial charge on any atom is 0.414 e. The Labute approximate surface area is 226 Å². The Kier molecular flexibility index (Phi) is 7.05. The number of hydrogen-bond acceptors (Lipinski definition) is 5. The Balaban J connectivity index is 1.46. The average Bonchev–Trinajstić information content (AvgIpc) is 2.90. The molecule has 3 atom stereocenters. The largest absolute Gasteiger partial charge is 0.495 e. The van der Waals surface area contributed by atoms with Crippen LogP contribution in [0.25, 0.3) is 0 Å². The summed E-state index contributed by atoms with van der Waals surface area (Å²) < 4.78 is 17.3. The Morgan fingerprint density at radius 2 is 1.87 bits per heavy atom. The third kappa shape index (κ3) is 4.83. The van der Waals surface area contributed by atoms with Crippen molar-refractivity contribution in [3.05, 3.63) is 59.2 Å². The predicted octanol–water partition coefficient (Wildman–Crippen LogP) is 6.46. The van der Waals surface area contributed by atoms with Crippen LogP contribution in [0.3, 0.4) is 0 Å². The molecule has 1 saturated heterocycles. The highest BCUT2D eigenvalue weighted by Crippen LogP contribution is 2.57. The van der Waals surface area contributed by atoms with E-state index in [0.717, 1.165) is 31.2 Å². The molecule has 2 amide bonds. The Morgan fingerprint density at radius 3 is 2.58 bits per heavy atom. The zero-order valence-electron chi connectivity index (χ0n) is 23.3. The van der Waals surface area contributed by atoms with Crippen LogP contribution in [-0.4, -0.2) is 49.4 Å². The lowest BCUT2D eigenvalue weighted by Crippen LogP contribution is -2.62. The molecule has 7 nitrogen and oxygen atoms in total. The number of nitrogens with zero attached hydrogens (tertiary/aromatic N) is 2. The van der Waals surface area contributed by atoms with Crippen molar-refractivity contribution in [1.29, 1.82) is 0 Å². The van der Waals surface area contributed by atoms with Gasteiger partial charge in [-0.25, -0.2) is 9.59 Å². The normalized spacial score (nSPS) is 24.1. The molecule has 38 heavy (non-hydrogen) atoms. The first-order valence-electron chi connectivity index (χ1n) is 13.8. The molecule has 1 aliphatic heterocycles. The average molecular weight is 521 g/mol. The molecule has 1 heterocycles. The summed E-state index contributed by atoms with van der Waals surface area (Å²) in [7, 11) is 3.37. The van der Waals surface area contributed by atoms with Crippen molar-refractivity contribution in [2.75, 3.05) is 25.6 Å². The van der Waals surface area contributed by atoms with Gasteiger partial charge in [0.25, 0.3) is 0 Å². The molecule has 2 aromatic carbocycles. The second-order valence-electron chi connectivity index (χ2n) is 12.0. The molecule has 0 unspecified atom stereocenters. The zero-order valence-corrected chi connectivity index (χ0v) is 23.3. The van der Waals surface area contributed by atoms with Crippen molar-refractivity contribution in [3.8, 4) is 5.75 Å². The van der Waals surface area contributed by atoms with Gasteiger partial charge >= 0.3 is 12.2 Å². The third-order valence-corrected chi connectivity index (χ3v) is 8.60. The van der Waals surface area contributed by atoms with Gasteiger partial charge in [-0.15, -0.1) is 0 Å². The van der Waals surface area contributed by atoms with Crippen LogP contribution in [0.2, 0.25) is 0 Å². The maximum atomic E-state index is 13.4. The van der Waals surface area contributed by atoms with E-state index in [4.69, 9.17) is 14.2 Å². The van der Waals surface area contributed by atoms with Crippen LogP contribution in [0.1, 0.15) is 69.6 Å². The summed E-state index contributed by atoms with van der Waals surface area (Å²) in [5, 5.41) is 0. The van der Waals surface area contributed by atoms with Crippen molar-refractivity contribution >= 4 is 17.9 Å². The molecule has 0 N–H and O–H groups in total. The summed E-state index contributed by atoms with van der Waals surface area (Å²) >= 11 is 0. The van der Waals surface area contributed by atoms with Crippen molar-refractivity contribution in [2.45, 2.75) is 83.0 Å². The molecule has 0 spiro atoms. The number of anilines is 1. The number of carbonyl (C=O) groups is 2. The number of amides is 2. The Bertz CT molecular complexity index is 1190. The first-order valence-corrected chi connectivity index (χ1v) is 13.8. The number of hydrogen-bond donors (Lipinski definition) is 0. The molecule has 0 aromatic heterocycles. The van der Waals surface area contributed by atoms with E-state index < -0.39 is 11.7 Å². The van der Waals surface area contributed by atoms with E-state index >= 15 is 0 Å². The minimum absolute atomic E-state index is 0.0169. The lowest BCUT2D eigenvalue weighted by molar-refractivity contribution is -0.0137. The van der Waals surface area contributed by atoms with Crippen LogP contribution in [0, 0.1) is 5.92 Å². The molecule has 3 aliphatic rings. The smallest absolute Gasteiger partial charge is 0.414 e. The molecule has 204 valence electrons. The summed E-state index contributed by atoms with van der Waals surface area (Å²) in [4.78, 5) is 29.8. The Hall–Kier alpha value is -3.22. The zero-order chi connectivity index (χ0) is 27.1. The molecule has 2 bridgehead atoms. The van der Waals surface area contributed by atoms with Crippen LogP contribution in [0.15, 0.2) is 42.5 Å². The van der Waals surface area contributed by atoms with Crippen LogP contribution in [-0.2, 0) is 27.9 Å². The summed E-state index contributed by atoms with van der Waals surface area (Å²) in [6.07, 6.45) is 5.57. The van der Waals surface area contributed by atoms with E-state index in [2.05, 4.69) is 12.1 Å². The summed E-state index contributed by atoms with van der Waals surface area (Å²) in [5.41, 5.74) is 3.60. The minimum atomic E-state index is -0.599. The van der Waals surface area contributed by atoms with Gasteiger partial charge < -0.3 is 19.1 Å². The van der Waals surface area contributed by atoms with E-state index in [1.165, 1.54) is 28.9 Å². The number of carbonyl (C=O) groups excluding carboxylic acids is 2. The van der Waals surface area contributed by atoms with Crippen LogP contribution >= 0.6 is 0 Å². The van der Waals surface area contributed by atoms with Gasteiger partial charge in [0.15, 0.2) is 0 Å². The molecule has 2 aromatic rings. The number of benzene rings is 2. The molecule has 2 aliphatic carbocycles. The van der Waals surface area contributed by atoms with Crippen LogP contribution in [0.4, 0.5) is 15.3 Å². The highest BCUT2D eigenvalue weighted by Gasteiger charge is 2.55. The number of piperidine rings is 1. The van der Waals surface area contributed by atoms with Crippen LogP contribution < -0.4 is 9.64 Å². The fraction of sp³-hybridized carbons (Fsp3) is 0.548. The fourth-order valence-electron chi connectivity index (χ4n) is 6.91. The highest BCUT2D eigenvalue weighted by molar-refractivity contribution is 5.89. The second kappa shape index (κ2) is 10.2. The molecule has 1 saturated carbocycles. The molecular weight excluding hydrogens is 480 g/mol. The fourth-order valence-corrected chi connectivity index (χ4v) is 6.91. The van der Waals surface area contributed by atoms with Gasteiger partial charge in [-0.3, -0.25) is 4.90 Å². The van der Waals surface area contributed by atoms with Gasteiger partial charge in [0.2, 0.25) is 0 Å². The van der Waals surface area contributed by atoms with Crippen molar-refractivity contribution in [2.24, 2.45) is 5.92 Å². The van der Waals surface area contributed by atoms with Crippen molar-refractivity contribution in [3.63, 3.8) is 0 Å². The van der Waals surface area contributed by atoms with E-state index in [1.54, 1.807) is 14.2 Å². The molecular formula is C31H40N2O5. The number of likely N-dealkylation sites (tertiary alicyclic amines) is 1. The van der Waals surface area contributed by atoms with E-state index in [9.17, 15) is 9.59 Å². The first kappa shape index (κ1) is 26.4. The maximum absolute atomic E-state index is 13.4. The van der Waals surface area contributed by atoms with Gasteiger partial charge in [0, 0.05) is 25.0 Å². The van der Waals surface area contributed by atoms with Crippen molar-refractivity contribution in [1.82, 2.24) is 4.90 Å². The summed E-state index contributed by atoms with van der Waals surface area (Å²) in [6, 6.07) is 14.1. The molecule has 0 radical (unpaired) electrons. The summed E-state index contributed by atoms with van der Waals surface area (Å²) in [6.45, 7) is 6.54. The molecule has 5 rings (SSSR count). The van der Waals surface area contributed by atoms with Crippen LogP contribution in [0.5, 0.6) is 5.75 Å². The number of rotatable bonds is 4. The van der Waals surface area contributed by atoms with Gasteiger partial charge in [0.1, 0.15) is 18.0 Å². The number of ether oxygens (including phenoxy) is 3. The third-order valence-electron chi connectivity index (χ3n) is 8.60. The second-order valence-corrected chi connectivity index (χ2v) is 12.0. The summed E-state index contributed by atoms with van der Waals surface area (Å²) in [5.74, 6) is 1.07. The first-order chi connectivity index (χ1) is 18.1. The van der Waals surface area contributed by atoms with E-state index in [0.29, 0.717) is 23.9 Å².